The van der Waals surface area contributed by atoms with Crippen molar-refractivity contribution in [1.29, 1.82) is 0 Å². The Balaban J connectivity index is 1.36. The van der Waals surface area contributed by atoms with E-state index in [4.69, 9.17) is 0 Å². The normalized spacial score (nSPS) is 24.9. The van der Waals surface area contributed by atoms with Crippen molar-refractivity contribution in [2.24, 2.45) is 0 Å². The molecule has 0 saturated carbocycles. The molecule has 2 saturated heterocycles. The zero-order chi connectivity index (χ0) is 18.9. The van der Waals surface area contributed by atoms with Gasteiger partial charge in [0.25, 0.3) is 0 Å². The molecule has 2 aliphatic rings. The quantitative estimate of drug-likeness (QED) is 0.823. The molecule has 0 amide bonds. The summed E-state index contributed by atoms with van der Waals surface area (Å²) in [5.74, 6) is 0. The molecule has 8 heteroatoms. The fourth-order valence-corrected chi connectivity index (χ4v) is 5.12. The molecule has 2 aromatic rings. The number of piperazine rings is 1. The predicted molar refractivity (Wildman–Crippen MR) is 103 cm³/mol. The molecular formula is C19H25N5O2S. The summed E-state index contributed by atoms with van der Waals surface area (Å²) in [5.41, 5.74) is 8.89. The van der Waals surface area contributed by atoms with E-state index in [-0.39, 0.29) is 12.2 Å². The summed E-state index contributed by atoms with van der Waals surface area (Å²) in [5, 5.41) is 0. The lowest BCUT2D eigenvalue weighted by atomic mass is 10.1. The Morgan fingerprint density at radius 3 is 2.44 bits per heavy atom. The highest BCUT2D eigenvalue weighted by atomic mass is 32.2. The van der Waals surface area contributed by atoms with E-state index in [1.165, 1.54) is 0 Å². The summed E-state index contributed by atoms with van der Waals surface area (Å²) < 4.78 is 27.3. The molecule has 7 nitrogen and oxygen atoms in total. The van der Waals surface area contributed by atoms with Crippen LogP contribution in [0.1, 0.15) is 23.6 Å². The number of hydrazine groups is 1. The summed E-state index contributed by atoms with van der Waals surface area (Å²) in [6.07, 6.45) is 4.78. The third-order valence-electron chi connectivity index (χ3n) is 5.34. The van der Waals surface area contributed by atoms with Crippen LogP contribution in [0, 0.1) is 6.92 Å². The molecule has 0 aliphatic carbocycles. The highest BCUT2D eigenvalue weighted by molar-refractivity contribution is 7.89. The molecule has 0 bridgehead atoms. The fraction of sp³-hybridized carbons (Fsp3) is 0.421. The molecule has 2 aliphatic heterocycles. The maximum absolute atomic E-state index is 12.8. The number of nitrogens with zero attached hydrogens (tertiary/aromatic N) is 3. The Kier molecular flexibility index (Phi) is 5.25. The average molecular weight is 388 g/mol. The van der Waals surface area contributed by atoms with Crippen LogP contribution in [-0.4, -0.2) is 55.0 Å². The van der Waals surface area contributed by atoms with Gasteiger partial charge in [0.15, 0.2) is 0 Å². The molecule has 2 N–H and O–H groups in total. The lowest BCUT2D eigenvalue weighted by Gasteiger charge is -2.37. The third-order valence-corrected chi connectivity index (χ3v) is 7.26. The Hall–Kier alpha value is -1.84. The lowest BCUT2D eigenvalue weighted by molar-refractivity contribution is 0.123. The van der Waals surface area contributed by atoms with Crippen LogP contribution in [0.3, 0.4) is 0 Å². The number of aryl methyl sites for hydroxylation is 1. The van der Waals surface area contributed by atoms with E-state index < -0.39 is 10.0 Å². The molecular weight excluding hydrogens is 362 g/mol. The van der Waals surface area contributed by atoms with Crippen LogP contribution >= 0.6 is 0 Å². The van der Waals surface area contributed by atoms with Gasteiger partial charge in [0.05, 0.1) is 17.1 Å². The van der Waals surface area contributed by atoms with Gasteiger partial charge in [-0.3, -0.25) is 9.88 Å². The number of hydrogen-bond acceptors (Lipinski definition) is 6. The summed E-state index contributed by atoms with van der Waals surface area (Å²) >= 11 is 0. The van der Waals surface area contributed by atoms with Gasteiger partial charge in [-0.25, -0.2) is 19.3 Å². The molecule has 27 heavy (non-hydrogen) atoms. The number of rotatable bonds is 4. The molecule has 2 atom stereocenters. The maximum atomic E-state index is 12.8. The molecule has 1 aromatic heterocycles. The first-order chi connectivity index (χ1) is 13.0. The number of sulfonamides is 1. The predicted octanol–water partition coefficient (Wildman–Crippen LogP) is 1.26. The van der Waals surface area contributed by atoms with Crippen LogP contribution in [0.25, 0.3) is 0 Å². The SMILES string of the molecule is Cc1ccc(S(=O)(=O)N2CCN(C3CC(c4cccnc4)NN3)CC2)cc1. The van der Waals surface area contributed by atoms with E-state index in [1.807, 2.05) is 31.3 Å². The lowest BCUT2D eigenvalue weighted by Crippen LogP contribution is -2.55. The number of nitrogens with one attached hydrogen (secondary N) is 2. The third kappa shape index (κ3) is 3.90. The highest BCUT2D eigenvalue weighted by Crippen LogP contribution is 2.25. The van der Waals surface area contributed by atoms with Crippen LogP contribution in [0.5, 0.6) is 0 Å². The van der Waals surface area contributed by atoms with Crippen LogP contribution in [0.2, 0.25) is 0 Å². The van der Waals surface area contributed by atoms with Crippen molar-refractivity contribution in [1.82, 2.24) is 25.0 Å². The first kappa shape index (κ1) is 18.5. The van der Waals surface area contributed by atoms with E-state index in [0.717, 1.165) is 17.5 Å². The van der Waals surface area contributed by atoms with Gasteiger partial charge >= 0.3 is 0 Å². The van der Waals surface area contributed by atoms with Gasteiger partial charge in [-0.05, 0) is 37.1 Å². The van der Waals surface area contributed by atoms with Crippen LogP contribution < -0.4 is 10.9 Å². The van der Waals surface area contributed by atoms with Gasteiger partial charge in [0, 0.05) is 38.6 Å². The van der Waals surface area contributed by atoms with Crippen molar-refractivity contribution in [3.8, 4) is 0 Å². The van der Waals surface area contributed by atoms with Gasteiger partial charge in [-0.15, -0.1) is 0 Å². The summed E-state index contributed by atoms with van der Waals surface area (Å²) in [6, 6.07) is 11.3. The monoisotopic (exact) mass is 387 g/mol. The van der Waals surface area contributed by atoms with Gasteiger partial charge in [0.1, 0.15) is 0 Å². The molecule has 3 heterocycles. The fourth-order valence-electron chi connectivity index (χ4n) is 3.69. The van der Waals surface area contributed by atoms with Crippen LogP contribution in [0.4, 0.5) is 0 Å². The average Bonchev–Trinajstić information content (AvgIpc) is 3.19. The van der Waals surface area contributed by atoms with Crippen molar-refractivity contribution in [3.63, 3.8) is 0 Å². The molecule has 2 fully saturated rings. The summed E-state index contributed by atoms with van der Waals surface area (Å²) in [6.45, 7) is 4.39. The van der Waals surface area contributed by atoms with Gasteiger partial charge in [-0.2, -0.15) is 4.31 Å². The van der Waals surface area contributed by atoms with Gasteiger partial charge in [-0.1, -0.05) is 23.8 Å². The van der Waals surface area contributed by atoms with Gasteiger partial charge in [0.2, 0.25) is 10.0 Å². The topological polar surface area (TPSA) is 77.6 Å². The minimum absolute atomic E-state index is 0.194. The zero-order valence-corrected chi connectivity index (χ0v) is 16.2. The Morgan fingerprint density at radius 1 is 1.04 bits per heavy atom. The molecule has 2 unspecified atom stereocenters. The molecule has 4 rings (SSSR count). The van der Waals surface area contributed by atoms with E-state index in [2.05, 4.69) is 26.8 Å². The zero-order valence-electron chi connectivity index (χ0n) is 15.4. The maximum Gasteiger partial charge on any atom is 0.243 e. The molecule has 1 aromatic carbocycles. The van der Waals surface area contributed by atoms with E-state index in [9.17, 15) is 8.42 Å². The minimum Gasteiger partial charge on any atom is -0.284 e. The molecule has 0 radical (unpaired) electrons. The minimum atomic E-state index is -3.42. The number of pyridine rings is 1. The second-order valence-electron chi connectivity index (χ2n) is 7.13. The standard InChI is InChI=1S/C19H25N5O2S/c1-15-4-6-17(7-5-15)27(25,26)24-11-9-23(10-12-24)19-13-18(21-22-19)16-3-2-8-20-14-16/h2-8,14,18-19,21-22H,9-13H2,1H3. The summed E-state index contributed by atoms with van der Waals surface area (Å²) in [4.78, 5) is 6.87. The van der Waals surface area contributed by atoms with Crippen LogP contribution in [0.15, 0.2) is 53.7 Å². The van der Waals surface area contributed by atoms with Crippen molar-refractivity contribution < 1.29 is 8.42 Å². The Morgan fingerprint density at radius 2 is 1.78 bits per heavy atom. The van der Waals surface area contributed by atoms with Gasteiger partial charge < -0.3 is 0 Å². The van der Waals surface area contributed by atoms with Crippen molar-refractivity contribution >= 4 is 10.0 Å². The second kappa shape index (κ2) is 7.65. The smallest absolute Gasteiger partial charge is 0.243 e. The summed E-state index contributed by atoms with van der Waals surface area (Å²) in [7, 11) is -3.42. The first-order valence-electron chi connectivity index (χ1n) is 9.26. The Bertz CT molecular complexity index is 865. The molecule has 144 valence electrons. The van der Waals surface area contributed by atoms with E-state index in [1.54, 1.807) is 22.6 Å². The van der Waals surface area contributed by atoms with Crippen molar-refractivity contribution in [3.05, 3.63) is 59.9 Å². The number of benzene rings is 1. The number of hydrogen-bond donors (Lipinski definition) is 2. The van der Waals surface area contributed by atoms with E-state index in [0.29, 0.717) is 31.1 Å². The number of aromatic nitrogens is 1. The highest BCUT2D eigenvalue weighted by Gasteiger charge is 2.34. The Labute approximate surface area is 160 Å². The van der Waals surface area contributed by atoms with Crippen LogP contribution in [-0.2, 0) is 10.0 Å². The first-order valence-corrected chi connectivity index (χ1v) is 10.7. The van der Waals surface area contributed by atoms with Crippen molar-refractivity contribution in [2.45, 2.75) is 30.4 Å². The van der Waals surface area contributed by atoms with Crippen molar-refractivity contribution in [2.75, 3.05) is 26.2 Å². The van der Waals surface area contributed by atoms with E-state index >= 15 is 0 Å². The largest absolute Gasteiger partial charge is 0.284 e. The molecule has 0 spiro atoms. The second-order valence-corrected chi connectivity index (χ2v) is 9.07.